The molecule has 12 heavy (non-hydrogen) atoms. The zero-order valence-electron chi connectivity index (χ0n) is 7.08. The smallest absolute Gasteiger partial charge is 0.338 e. The van der Waals surface area contributed by atoms with Crippen LogP contribution in [0.4, 0.5) is 0 Å². The van der Waals surface area contributed by atoms with Crippen LogP contribution in [0.3, 0.4) is 0 Å². The van der Waals surface area contributed by atoms with Gasteiger partial charge < -0.3 is 4.74 Å². The van der Waals surface area contributed by atoms with E-state index in [0.717, 1.165) is 12.2 Å². The fraction of sp³-hybridized carbons (Fsp3) is 0.111. The summed E-state index contributed by atoms with van der Waals surface area (Å²) >= 11 is 0. The van der Waals surface area contributed by atoms with E-state index >= 15 is 0 Å². The molecule has 0 N–H and O–H groups in total. The molecule has 0 unspecified atom stereocenters. The molecule has 0 atom stereocenters. The summed E-state index contributed by atoms with van der Waals surface area (Å²) in [5, 5.41) is 0. The van der Waals surface area contributed by atoms with Crippen LogP contribution < -0.4 is 0 Å². The van der Waals surface area contributed by atoms with Crippen molar-refractivity contribution in [2.75, 3.05) is 0 Å². The topological polar surface area (TPSA) is 43.4 Å². The maximum Gasteiger partial charge on any atom is 0.338 e. The number of allylic oxidation sites excluding steroid dienone is 1. The maximum absolute atomic E-state index is 9.92. The van der Waals surface area contributed by atoms with Crippen molar-refractivity contribution < 1.29 is 14.3 Å². The average Bonchev–Trinajstić information content (AvgIpc) is 2.40. The van der Waals surface area contributed by atoms with Crippen LogP contribution in [0, 0.1) is 0 Å². The molecule has 1 aliphatic heterocycles. The molecule has 0 radical (unpaired) electrons. The number of hydrogen-bond acceptors (Lipinski definition) is 3. The van der Waals surface area contributed by atoms with Crippen LogP contribution in [0.25, 0.3) is 0 Å². The van der Waals surface area contributed by atoms with Crippen molar-refractivity contribution in [3.05, 3.63) is 38.0 Å². The van der Waals surface area contributed by atoms with Crippen molar-refractivity contribution in [1.29, 1.82) is 0 Å². The van der Waals surface area contributed by atoms with E-state index in [1.165, 1.54) is 0 Å². The first kappa shape index (κ1) is 13.0. The summed E-state index contributed by atoms with van der Waals surface area (Å²) in [4.78, 5) is 19.8. The van der Waals surface area contributed by atoms with E-state index in [1.807, 2.05) is 6.92 Å². The predicted octanol–water partition coefficient (Wildman–Crippen LogP) is 1.62. The molecule has 3 nitrogen and oxygen atoms in total. The molecule has 0 aliphatic carbocycles. The third-order valence-electron chi connectivity index (χ3n) is 0.557. The van der Waals surface area contributed by atoms with Gasteiger partial charge in [-0.2, -0.15) is 0 Å². The van der Waals surface area contributed by atoms with Crippen molar-refractivity contribution in [1.82, 2.24) is 0 Å². The summed E-state index contributed by atoms with van der Waals surface area (Å²) in [5.74, 6) is -1.16. The average molecular weight is 168 g/mol. The van der Waals surface area contributed by atoms with Crippen molar-refractivity contribution in [2.24, 2.45) is 0 Å². The summed E-state index contributed by atoms with van der Waals surface area (Å²) in [6.07, 6.45) is 3.92. The van der Waals surface area contributed by atoms with Crippen molar-refractivity contribution in [2.45, 2.75) is 6.92 Å². The predicted molar refractivity (Wildman–Crippen MR) is 47.4 cm³/mol. The molecule has 0 spiro atoms. The normalized spacial score (nSPS) is 11.8. The van der Waals surface area contributed by atoms with Crippen molar-refractivity contribution in [3.63, 3.8) is 0 Å². The van der Waals surface area contributed by atoms with E-state index in [-0.39, 0.29) is 0 Å². The van der Waals surface area contributed by atoms with Gasteiger partial charge in [0.1, 0.15) is 0 Å². The molecule has 0 aromatic heterocycles. The van der Waals surface area contributed by atoms with E-state index < -0.39 is 11.9 Å². The second kappa shape index (κ2) is 9.36. The van der Waals surface area contributed by atoms with Gasteiger partial charge in [-0.1, -0.05) is 6.08 Å². The van der Waals surface area contributed by atoms with Gasteiger partial charge in [0.05, 0.1) is 0 Å². The Morgan fingerprint density at radius 1 is 1.25 bits per heavy atom. The zero-order valence-corrected chi connectivity index (χ0v) is 7.08. The van der Waals surface area contributed by atoms with Gasteiger partial charge in [0, 0.05) is 12.2 Å². The number of ether oxygens (including phenoxy) is 1. The number of rotatable bonds is 0. The Morgan fingerprint density at radius 3 is 1.58 bits per heavy atom. The van der Waals surface area contributed by atoms with E-state index in [0.29, 0.717) is 0 Å². The number of carbonyl (C=O) groups excluding carboxylic acids is 2. The van der Waals surface area contributed by atoms with Gasteiger partial charge in [0.25, 0.3) is 0 Å². The molecule has 3 heteroatoms. The molecule has 0 aromatic carbocycles. The Hall–Kier alpha value is -1.64. The van der Waals surface area contributed by atoms with Crippen LogP contribution in [-0.2, 0) is 14.3 Å². The number of hydrogen-bond donors (Lipinski definition) is 0. The minimum atomic E-state index is -0.579. The van der Waals surface area contributed by atoms with E-state index in [9.17, 15) is 9.59 Å². The summed E-state index contributed by atoms with van der Waals surface area (Å²) in [7, 11) is 0. The molecule has 1 aliphatic rings. The molecular weight excluding hydrogens is 156 g/mol. The molecule has 0 saturated heterocycles. The van der Waals surface area contributed by atoms with Crippen LogP contribution in [0.15, 0.2) is 38.0 Å². The van der Waals surface area contributed by atoms with Crippen LogP contribution >= 0.6 is 0 Å². The SMILES string of the molecule is C=C.C=CC.O=C1C=CC(=O)O1. The lowest BCUT2D eigenvalue weighted by atomic mass is 10.6. The lowest BCUT2D eigenvalue weighted by Crippen LogP contribution is -1.96. The maximum atomic E-state index is 9.92. The molecule has 1 heterocycles. The first-order chi connectivity index (χ1) is 5.70. The van der Waals surface area contributed by atoms with Gasteiger partial charge in [-0.25, -0.2) is 9.59 Å². The monoisotopic (exact) mass is 168 g/mol. The van der Waals surface area contributed by atoms with Gasteiger partial charge in [-0.05, 0) is 6.92 Å². The highest BCUT2D eigenvalue weighted by molar-refractivity contribution is 6.04. The van der Waals surface area contributed by atoms with E-state index in [4.69, 9.17) is 0 Å². The second-order valence-electron chi connectivity index (χ2n) is 1.48. The number of cyclic esters (lactones) is 2. The van der Waals surface area contributed by atoms with Crippen LogP contribution in [0.1, 0.15) is 6.92 Å². The molecule has 66 valence electrons. The van der Waals surface area contributed by atoms with Gasteiger partial charge in [0.2, 0.25) is 0 Å². The molecule has 0 amide bonds. The fourth-order valence-electron chi connectivity index (χ4n) is 0.303. The molecular formula is C9H12O3. The highest BCUT2D eigenvalue weighted by Gasteiger charge is 2.10. The third-order valence-corrected chi connectivity index (χ3v) is 0.557. The summed E-state index contributed by atoms with van der Waals surface area (Å²) < 4.78 is 3.97. The number of carbonyl (C=O) groups is 2. The summed E-state index contributed by atoms with van der Waals surface area (Å²) in [6.45, 7) is 11.2. The minimum absolute atomic E-state index is 0.579. The first-order valence-electron chi connectivity index (χ1n) is 3.21. The van der Waals surface area contributed by atoms with Gasteiger partial charge in [0.15, 0.2) is 0 Å². The van der Waals surface area contributed by atoms with Crippen LogP contribution in [0.5, 0.6) is 0 Å². The first-order valence-corrected chi connectivity index (χ1v) is 3.21. The van der Waals surface area contributed by atoms with Crippen molar-refractivity contribution >= 4 is 11.9 Å². The Balaban J connectivity index is 0. The quantitative estimate of drug-likeness (QED) is 0.313. The van der Waals surface area contributed by atoms with E-state index in [2.05, 4.69) is 24.5 Å². The molecule has 0 bridgehead atoms. The Bertz CT molecular complexity index is 176. The second-order valence-corrected chi connectivity index (χ2v) is 1.48. The van der Waals surface area contributed by atoms with Gasteiger partial charge >= 0.3 is 11.9 Å². The number of esters is 2. The zero-order chi connectivity index (χ0) is 9.98. The highest BCUT2D eigenvalue weighted by Crippen LogP contribution is 1.92. The Kier molecular flexibility index (Phi) is 10.1. The van der Waals surface area contributed by atoms with Crippen LogP contribution in [0.2, 0.25) is 0 Å². The summed E-state index contributed by atoms with van der Waals surface area (Å²) in [5.41, 5.74) is 0. The Labute approximate surface area is 72.0 Å². The van der Waals surface area contributed by atoms with Gasteiger partial charge in [-0.3, -0.25) is 0 Å². The van der Waals surface area contributed by atoms with Gasteiger partial charge in [-0.15, -0.1) is 19.7 Å². The van der Waals surface area contributed by atoms with Crippen molar-refractivity contribution in [3.8, 4) is 0 Å². The Morgan fingerprint density at radius 2 is 1.50 bits per heavy atom. The lowest BCUT2D eigenvalue weighted by molar-refractivity contribution is -0.150. The molecule has 1 rings (SSSR count). The highest BCUT2D eigenvalue weighted by atomic mass is 16.6. The fourth-order valence-corrected chi connectivity index (χ4v) is 0.303. The largest absolute Gasteiger partial charge is 0.387 e. The lowest BCUT2D eigenvalue weighted by Gasteiger charge is -1.80. The third kappa shape index (κ3) is 8.36. The standard InChI is InChI=1S/C4H2O3.C3H6.C2H4/c5-3-1-2-4(6)7-3;1-3-2;1-2/h1-2H;3H,1H2,2H3;1-2H2. The van der Waals surface area contributed by atoms with E-state index in [1.54, 1.807) is 6.08 Å². The molecule has 0 fully saturated rings. The molecule has 0 aromatic rings. The molecule has 0 saturated carbocycles. The minimum Gasteiger partial charge on any atom is -0.387 e. The summed E-state index contributed by atoms with van der Waals surface area (Å²) in [6, 6.07) is 0. The van der Waals surface area contributed by atoms with Crippen LogP contribution in [-0.4, -0.2) is 11.9 Å².